The normalized spacial score (nSPS) is 12.1. The average molecular weight is 744 g/mol. The smallest absolute Gasteiger partial charge is 0.143 e. The molecule has 9 aromatic carbocycles. The summed E-state index contributed by atoms with van der Waals surface area (Å²) in [6.45, 7) is 0. The lowest BCUT2D eigenvalue weighted by molar-refractivity contribution is 0.670. The third kappa shape index (κ3) is 5.70. The molecule has 4 heteroatoms. The van der Waals surface area contributed by atoms with E-state index in [2.05, 4.69) is 227 Å². The van der Waals surface area contributed by atoms with Crippen LogP contribution in [0.25, 0.3) is 44.2 Å². The third-order valence-electron chi connectivity index (χ3n) is 11.2. The fourth-order valence-corrected chi connectivity index (χ4v) is 8.48. The second-order valence-electron chi connectivity index (χ2n) is 14.6. The number of hydrogen-bond donors (Lipinski definition) is 0. The van der Waals surface area contributed by atoms with Crippen LogP contribution in [0.5, 0.6) is 0 Å². The highest BCUT2D eigenvalue weighted by molar-refractivity contribution is 6.09. The minimum atomic E-state index is 0.906. The molecule has 2 heterocycles. The van der Waals surface area contributed by atoms with Gasteiger partial charge in [0.2, 0.25) is 0 Å². The Bertz CT molecular complexity index is 3050. The van der Waals surface area contributed by atoms with E-state index in [4.69, 9.17) is 4.42 Å². The van der Waals surface area contributed by atoms with E-state index in [1.807, 2.05) is 12.1 Å². The van der Waals surface area contributed by atoms with Crippen LogP contribution in [-0.4, -0.2) is 0 Å². The number of rotatable bonds is 7. The minimum absolute atomic E-state index is 0.906. The molecule has 1 aliphatic rings. The Morgan fingerprint density at radius 1 is 0.328 bits per heavy atom. The number of benzene rings is 9. The Kier molecular flexibility index (Phi) is 8.11. The van der Waals surface area contributed by atoms with Gasteiger partial charge in [-0.05, 0) is 108 Å². The van der Waals surface area contributed by atoms with Gasteiger partial charge in [-0.2, -0.15) is 0 Å². The zero-order chi connectivity index (χ0) is 38.4. The first-order valence-corrected chi connectivity index (χ1v) is 19.7. The molecule has 11 rings (SSSR count). The Balaban J connectivity index is 0.974. The number of anilines is 9. The molecule has 0 radical (unpaired) electrons. The van der Waals surface area contributed by atoms with Crippen molar-refractivity contribution in [2.45, 2.75) is 0 Å². The molecule has 0 amide bonds. The molecule has 58 heavy (non-hydrogen) atoms. The topological polar surface area (TPSA) is 22.9 Å². The van der Waals surface area contributed by atoms with Crippen molar-refractivity contribution < 1.29 is 4.42 Å². The summed E-state index contributed by atoms with van der Waals surface area (Å²) < 4.78 is 6.39. The molecule has 0 unspecified atom stereocenters. The van der Waals surface area contributed by atoms with Gasteiger partial charge >= 0.3 is 0 Å². The molecule has 0 bridgehead atoms. The van der Waals surface area contributed by atoms with Gasteiger partial charge in [-0.1, -0.05) is 133 Å². The van der Waals surface area contributed by atoms with Crippen molar-refractivity contribution in [3.05, 3.63) is 224 Å². The number of fused-ring (bicyclic) bond motifs is 5. The van der Waals surface area contributed by atoms with Crippen LogP contribution in [0.15, 0.2) is 229 Å². The van der Waals surface area contributed by atoms with Crippen LogP contribution in [0.4, 0.5) is 51.2 Å². The van der Waals surface area contributed by atoms with E-state index in [1.165, 1.54) is 0 Å². The zero-order valence-electron chi connectivity index (χ0n) is 31.6. The maximum absolute atomic E-state index is 6.39. The number of furan rings is 1. The van der Waals surface area contributed by atoms with Gasteiger partial charge < -0.3 is 19.1 Å². The van der Waals surface area contributed by atoms with Gasteiger partial charge in [-0.3, -0.25) is 0 Å². The van der Waals surface area contributed by atoms with E-state index >= 15 is 0 Å². The Hall–Kier alpha value is -7.82. The predicted molar refractivity (Wildman–Crippen MR) is 242 cm³/mol. The average Bonchev–Trinajstić information content (AvgIpc) is 3.69. The Morgan fingerprint density at radius 3 is 1.47 bits per heavy atom. The molecule has 0 fully saturated rings. The van der Waals surface area contributed by atoms with Gasteiger partial charge in [0.05, 0.1) is 22.7 Å². The second-order valence-corrected chi connectivity index (χ2v) is 14.6. The third-order valence-corrected chi connectivity index (χ3v) is 11.2. The van der Waals surface area contributed by atoms with Crippen molar-refractivity contribution in [1.29, 1.82) is 0 Å². The van der Waals surface area contributed by atoms with Crippen molar-refractivity contribution in [1.82, 2.24) is 0 Å². The Labute approximate surface area is 337 Å². The van der Waals surface area contributed by atoms with Crippen molar-refractivity contribution >= 4 is 73.1 Å². The maximum atomic E-state index is 6.39. The summed E-state index contributed by atoms with van der Waals surface area (Å²) in [5.41, 5.74) is 16.3. The molecule has 0 saturated heterocycles. The molecular formula is C54H37N3O. The van der Waals surface area contributed by atoms with Gasteiger partial charge in [0.1, 0.15) is 11.2 Å². The number of para-hydroxylation sites is 7. The molecule has 1 aromatic heterocycles. The van der Waals surface area contributed by atoms with Gasteiger partial charge in [-0.15, -0.1) is 0 Å². The predicted octanol–water partition coefficient (Wildman–Crippen LogP) is 15.6. The lowest BCUT2D eigenvalue weighted by Crippen LogP contribution is -2.24. The maximum Gasteiger partial charge on any atom is 0.143 e. The van der Waals surface area contributed by atoms with E-state index < -0.39 is 0 Å². The highest BCUT2D eigenvalue weighted by Gasteiger charge is 2.30. The fraction of sp³-hybridized carbons (Fsp3) is 0. The van der Waals surface area contributed by atoms with Crippen LogP contribution < -0.4 is 14.7 Å². The van der Waals surface area contributed by atoms with E-state index in [1.54, 1.807) is 0 Å². The van der Waals surface area contributed by atoms with Crippen molar-refractivity contribution in [3.8, 4) is 22.3 Å². The fourth-order valence-electron chi connectivity index (χ4n) is 8.48. The summed E-state index contributed by atoms with van der Waals surface area (Å²) in [5, 5.41) is 2.27. The van der Waals surface area contributed by atoms with E-state index in [0.29, 0.717) is 0 Å². The van der Waals surface area contributed by atoms with Crippen LogP contribution >= 0.6 is 0 Å². The number of hydrogen-bond acceptors (Lipinski definition) is 4. The lowest BCUT2D eigenvalue weighted by Gasteiger charge is -2.40. The zero-order valence-corrected chi connectivity index (χ0v) is 31.6. The summed E-state index contributed by atoms with van der Waals surface area (Å²) in [7, 11) is 0. The van der Waals surface area contributed by atoms with Crippen LogP contribution in [0.1, 0.15) is 0 Å². The minimum Gasteiger partial charge on any atom is -0.455 e. The van der Waals surface area contributed by atoms with Crippen LogP contribution in [0, 0.1) is 0 Å². The summed E-state index contributed by atoms with van der Waals surface area (Å²) >= 11 is 0. The quantitative estimate of drug-likeness (QED) is 0.162. The standard InChI is InChI=1S/C54H37N3O/c1-4-15-41(16-5-1)55(45-34-29-39(30-35-45)46-22-14-23-48-47-21-10-13-26-53(47)58-54(46)48)44-32-27-38(28-33-44)40-31-36-51-52(37-40)57(43-19-8-3-9-20-43)50-25-12-11-24-49(50)56(51)42-17-6-2-7-18-42/h1-37H. The van der Waals surface area contributed by atoms with Crippen LogP contribution in [0.2, 0.25) is 0 Å². The molecule has 0 atom stereocenters. The first-order chi connectivity index (χ1) is 28.8. The van der Waals surface area contributed by atoms with Gasteiger partial charge in [0, 0.05) is 44.8 Å². The second kappa shape index (κ2) is 14.0. The molecular weight excluding hydrogens is 707 g/mol. The molecule has 0 aliphatic carbocycles. The van der Waals surface area contributed by atoms with Crippen molar-refractivity contribution in [3.63, 3.8) is 0 Å². The van der Waals surface area contributed by atoms with Gasteiger partial charge in [0.25, 0.3) is 0 Å². The van der Waals surface area contributed by atoms with Crippen molar-refractivity contribution in [2.24, 2.45) is 0 Å². The molecule has 0 spiro atoms. The molecule has 0 saturated carbocycles. The van der Waals surface area contributed by atoms with E-state index in [0.717, 1.165) is 95.4 Å². The summed E-state index contributed by atoms with van der Waals surface area (Å²) in [4.78, 5) is 7.07. The SMILES string of the molecule is c1ccc(N(c2ccc(-c3ccc4c(c3)N(c3ccccc3)c3ccccc3N4c3ccccc3)cc2)c2ccc(-c3cccc4c3oc3ccccc34)cc2)cc1. The molecule has 4 nitrogen and oxygen atoms in total. The van der Waals surface area contributed by atoms with E-state index in [9.17, 15) is 0 Å². The molecule has 274 valence electrons. The monoisotopic (exact) mass is 743 g/mol. The summed E-state index contributed by atoms with van der Waals surface area (Å²) in [6.07, 6.45) is 0. The molecule has 0 N–H and O–H groups in total. The highest BCUT2D eigenvalue weighted by atomic mass is 16.3. The van der Waals surface area contributed by atoms with E-state index in [-0.39, 0.29) is 0 Å². The molecule has 1 aliphatic heterocycles. The first kappa shape index (κ1) is 33.5. The largest absolute Gasteiger partial charge is 0.455 e. The summed E-state index contributed by atoms with van der Waals surface area (Å²) in [6, 6.07) is 79.8. The van der Waals surface area contributed by atoms with Crippen LogP contribution in [-0.2, 0) is 0 Å². The van der Waals surface area contributed by atoms with Gasteiger partial charge in [-0.25, -0.2) is 0 Å². The van der Waals surface area contributed by atoms with Crippen LogP contribution in [0.3, 0.4) is 0 Å². The molecule has 10 aromatic rings. The highest BCUT2D eigenvalue weighted by Crippen LogP contribution is 2.55. The van der Waals surface area contributed by atoms with Crippen molar-refractivity contribution in [2.75, 3.05) is 14.7 Å². The number of nitrogens with zero attached hydrogens (tertiary/aromatic N) is 3. The first-order valence-electron chi connectivity index (χ1n) is 19.7. The Morgan fingerprint density at radius 2 is 0.810 bits per heavy atom. The van der Waals surface area contributed by atoms with Gasteiger partial charge in [0.15, 0.2) is 0 Å². The lowest BCUT2D eigenvalue weighted by atomic mass is 9.99. The summed E-state index contributed by atoms with van der Waals surface area (Å²) in [5.74, 6) is 0.